The predicted molar refractivity (Wildman–Crippen MR) is 76.8 cm³/mol. The lowest BCUT2D eigenvalue weighted by Gasteiger charge is -2.43. The van der Waals surface area contributed by atoms with Crippen molar-refractivity contribution in [3.63, 3.8) is 0 Å². The monoisotopic (exact) mass is 260 g/mol. The number of ether oxygens (including phenoxy) is 1. The molecule has 0 bridgehead atoms. The number of nitrogens with zero attached hydrogens (tertiary/aromatic N) is 1. The van der Waals surface area contributed by atoms with Crippen molar-refractivity contribution in [1.82, 2.24) is 4.90 Å². The highest BCUT2D eigenvalue weighted by Gasteiger charge is 2.49. The van der Waals surface area contributed by atoms with E-state index in [2.05, 4.69) is 42.2 Å². The summed E-state index contributed by atoms with van der Waals surface area (Å²) >= 11 is 0. The summed E-state index contributed by atoms with van der Waals surface area (Å²) < 4.78 is 6.05. The molecule has 0 aliphatic carbocycles. The van der Waals surface area contributed by atoms with Crippen molar-refractivity contribution in [1.29, 1.82) is 0 Å². The fraction of sp³-hybridized carbons (Fsp3) is 0.625. The molecular formula is C16H24N2O. The molecule has 2 saturated heterocycles. The van der Waals surface area contributed by atoms with Crippen molar-refractivity contribution >= 4 is 0 Å². The molecule has 3 heteroatoms. The van der Waals surface area contributed by atoms with Crippen LogP contribution in [0, 0.1) is 5.41 Å². The van der Waals surface area contributed by atoms with E-state index in [4.69, 9.17) is 10.5 Å². The minimum Gasteiger partial charge on any atom is -0.375 e. The number of hydrogen-bond donors (Lipinski definition) is 1. The van der Waals surface area contributed by atoms with E-state index in [1.807, 2.05) is 0 Å². The first-order valence-corrected chi connectivity index (χ1v) is 7.34. The molecule has 2 fully saturated rings. The van der Waals surface area contributed by atoms with Crippen LogP contribution in [0.5, 0.6) is 0 Å². The molecule has 3 rings (SSSR count). The van der Waals surface area contributed by atoms with Crippen LogP contribution >= 0.6 is 0 Å². The van der Waals surface area contributed by atoms with E-state index in [-0.39, 0.29) is 5.41 Å². The highest BCUT2D eigenvalue weighted by Crippen LogP contribution is 2.43. The van der Waals surface area contributed by atoms with E-state index in [1.54, 1.807) is 0 Å². The minimum absolute atomic E-state index is 0.187. The molecule has 0 amide bonds. The fourth-order valence-corrected chi connectivity index (χ4v) is 3.80. The Kier molecular flexibility index (Phi) is 3.61. The van der Waals surface area contributed by atoms with Crippen LogP contribution in [0.25, 0.3) is 0 Å². The highest BCUT2D eigenvalue weighted by molar-refractivity contribution is 5.15. The number of piperidine rings is 1. The van der Waals surface area contributed by atoms with E-state index in [1.165, 1.54) is 5.56 Å². The van der Waals surface area contributed by atoms with Crippen molar-refractivity contribution < 1.29 is 4.74 Å². The van der Waals surface area contributed by atoms with Crippen LogP contribution < -0.4 is 5.73 Å². The standard InChI is InChI=1S/C16H24N2O/c1-13-9-16(11-17)12-18(8-7-15(16)19-13)10-14-5-3-2-4-6-14/h2-6,13,15H,7-12,17H2,1H3/t13-,15+,16+/m1/s1. The summed E-state index contributed by atoms with van der Waals surface area (Å²) in [6.07, 6.45) is 2.97. The van der Waals surface area contributed by atoms with E-state index < -0.39 is 0 Å². The second-order valence-corrected chi connectivity index (χ2v) is 6.19. The number of benzene rings is 1. The van der Waals surface area contributed by atoms with Crippen LogP contribution in [0.2, 0.25) is 0 Å². The van der Waals surface area contributed by atoms with Crippen molar-refractivity contribution in [2.24, 2.45) is 11.1 Å². The van der Waals surface area contributed by atoms with E-state index in [9.17, 15) is 0 Å². The van der Waals surface area contributed by atoms with Crippen LogP contribution in [0.3, 0.4) is 0 Å². The van der Waals surface area contributed by atoms with Gasteiger partial charge in [-0.3, -0.25) is 4.90 Å². The fourth-order valence-electron chi connectivity index (χ4n) is 3.80. The SMILES string of the molecule is C[C@@H]1C[C@]2(CN)CN(Cc3ccccc3)CC[C@@H]2O1. The van der Waals surface area contributed by atoms with Crippen molar-refractivity contribution in [2.75, 3.05) is 19.6 Å². The van der Waals surface area contributed by atoms with Crippen LogP contribution in [0.1, 0.15) is 25.3 Å². The molecule has 104 valence electrons. The van der Waals surface area contributed by atoms with Gasteiger partial charge in [-0.25, -0.2) is 0 Å². The van der Waals surface area contributed by atoms with Crippen LogP contribution in [-0.4, -0.2) is 36.7 Å². The Morgan fingerprint density at radius 3 is 2.89 bits per heavy atom. The largest absolute Gasteiger partial charge is 0.375 e. The Morgan fingerprint density at radius 2 is 2.16 bits per heavy atom. The topological polar surface area (TPSA) is 38.5 Å². The summed E-state index contributed by atoms with van der Waals surface area (Å²) in [5.74, 6) is 0. The zero-order valence-electron chi connectivity index (χ0n) is 11.7. The quantitative estimate of drug-likeness (QED) is 0.903. The lowest BCUT2D eigenvalue weighted by molar-refractivity contribution is -0.0310. The number of hydrogen-bond acceptors (Lipinski definition) is 3. The summed E-state index contributed by atoms with van der Waals surface area (Å²) in [6.45, 7) is 6.15. The Morgan fingerprint density at radius 1 is 1.37 bits per heavy atom. The summed E-state index contributed by atoms with van der Waals surface area (Å²) in [4.78, 5) is 2.54. The third-order valence-corrected chi connectivity index (χ3v) is 4.68. The molecule has 1 aromatic carbocycles. The summed E-state index contributed by atoms with van der Waals surface area (Å²) in [7, 11) is 0. The maximum Gasteiger partial charge on any atom is 0.0672 e. The first-order valence-electron chi connectivity index (χ1n) is 7.34. The molecule has 2 aliphatic rings. The predicted octanol–water partition coefficient (Wildman–Crippen LogP) is 2.01. The number of nitrogens with two attached hydrogens (primary N) is 1. The maximum atomic E-state index is 6.09. The molecule has 0 spiro atoms. The molecule has 0 saturated carbocycles. The first-order chi connectivity index (χ1) is 9.22. The molecule has 19 heavy (non-hydrogen) atoms. The van der Waals surface area contributed by atoms with Gasteiger partial charge in [-0.15, -0.1) is 0 Å². The number of fused-ring (bicyclic) bond motifs is 1. The average molecular weight is 260 g/mol. The van der Waals surface area contributed by atoms with Gasteiger partial charge in [0.1, 0.15) is 0 Å². The van der Waals surface area contributed by atoms with Crippen LogP contribution in [-0.2, 0) is 11.3 Å². The summed E-state index contributed by atoms with van der Waals surface area (Å²) in [5.41, 5.74) is 7.67. The van der Waals surface area contributed by atoms with Gasteiger partial charge in [0.2, 0.25) is 0 Å². The maximum absolute atomic E-state index is 6.09. The molecule has 1 aromatic rings. The van der Waals surface area contributed by atoms with E-state index >= 15 is 0 Å². The average Bonchev–Trinajstić information content (AvgIpc) is 2.76. The normalized spacial score (nSPS) is 35.3. The van der Waals surface area contributed by atoms with Crippen LogP contribution in [0.4, 0.5) is 0 Å². The minimum atomic E-state index is 0.187. The first kappa shape index (κ1) is 13.1. The third kappa shape index (κ3) is 2.55. The summed E-state index contributed by atoms with van der Waals surface area (Å²) in [5, 5.41) is 0. The molecular weight excluding hydrogens is 236 g/mol. The van der Waals surface area contributed by atoms with Gasteiger partial charge in [-0.05, 0) is 25.3 Å². The Labute approximate surface area is 115 Å². The van der Waals surface area contributed by atoms with E-state index in [0.717, 1.165) is 39.0 Å². The lowest BCUT2D eigenvalue weighted by atomic mass is 9.75. The van der Waals surface area contributed by atoms with Crippen molar-refractivity contribution in [3.05, 3.63) is 35.9 Å². The van der Waals surface area contributed by atoms with Gasteiger partial charge in [-0.1, -0.05) is 30.3 Å². The van der Waals surface area contributed by atoms with Crippen molar-refractivity contribution in [3.8, 4) is 0 Å². The molecule has 2 heterocycles. The lowest BCUT2D eigenvalue weighted by Crippen LogP contribution is -2.52. The molecule has 0 aromatic heterocycles. The zero-order chi connectivity index (χ0) is 13.3. The van der Waals surface area contributed by atoms with Gasteiger partial charge in [0, 0.05) is 31.6 Å². The zero-order valence-corrected chi connectivity index (χ0v) is 11.7. The van der Waals surface area contributed by atoms with Gasteiger partial charge in [-0.2, -0.15) is 0 Å². The molecule has 3 nitrogen and oxygen atoms in total. The van der Waals surface area contributed by atoms with Gasteiger partial charge in [0.05, 0.1) is 12.2 Å². The Bertz CT molecular complexity index is 422. The second kappa shape index (κ2) is 5.23. The smallest absolute Gasteiger partial charge is 0.0672 e. The molecule has 0 radical (unpaired) electrons. The number of rotatable bonds is 3. The Balaban J connectivity index is 1.70. The van der Waals surface area contributed by atoms with Gasteiger partial charge >= 0.3 is 0 Å². The molecule has 2 aliphatic heterocycles. The highest BCUT2D eigenvalue weighted by atomic mass is 16.5. The Hall–Kier alpha value is -0.900. The summed E-state index contributed by atoms with van der Waals surface area (Å²) in [6, 6.07) is 10.7. The van der Waals surface area contributed by atoms with Gasteiger partial charge in [0.15, 0.2) is 0 Å². The van der Waals surface area contributed by atoms with Crippen molar-refractivity contribution in [2.45, 2.75) is 38.5 Å². The van der Waals surface area contributed by atoms with Crippen LogP contribution in [0.15, 0.2) is 30.3 Å². The van der Waals surface area contributed by atoms with Gasteiger partial charge < -0.3 is 10.5 Å². The molecule has 2 N–H and O–H groups in total. The third-order valence-electron chi connectivity index (χ3n) is 4.68. The van der Waals surface area contributed by atoms with E-state index in [0.29, 0.717) is 12.2 Å². The van der Waals surface area contributed by atoms with Gasteiger partial charge in [0.25, 0.3) is 0 Å². The number of likely N-dealkylation sites (tertiary alicyclic amines) is 1. The molecule has 3 atom stereocenters. The second-order valence-electron chi connectivity index (χ2n) is 6.19. The molecule has 0 unspecified atom stereocenters.